The van der Waals surface area contributed by atoms with E-state index in [9.17, 15) is 0 Å². The lowest BCUT2D eigenvalue weighted by Gasteiger charge is -2.32. The van der Waals surface area contributed by atoms with Crippen LogP contribution in [0.4, 0.5) is 17.1 Å². The van der Waals surface area contributed by atoms with Crippen molar-refractivity contribution < 1.29 is 0 Å². The van der Waals surface area contributed by atoms with Crippen molar-refractivity contribution in [2.75, 3.05) is 4.90 Å². The van der Waals surface area contributed by atoms with Crippen molar-refractivity contribution in [2.24, 2.45) is 0 Å². The van der Waals surface area contributed by atoms with E-state index in [0.717, 1.165) is 17.1 Å². The molecule has 0 radical (unpaired) electrons. The number of rotatable bonds is 8. The summed E-state index contributed by atoms with van der Waals surface area (Å²) in [6.45, 7) is 0. The van der Waals surface area contributed by atoms with E-state index in [1.165, 1.54) is 113 Å². The Labute approximate surface area is 356 Å². The Morgan fingerprint density at radius 3 is 1.63 bits per heavy atom. The maximum Gasteiger partial charge on any atom is 0.0541 e. The highest BCUT2D eigenvalue weighted by Crippen LogP contribution is 2.51. The first-order valence-corrected chi connectivity index (χ1v) is 22.3. The van der Waals surface area contributed by atoms with Crippen LogP contribution in [0.15, 0.2) is 206 Å². The fourth-order valence-corrected chi connectivity index (χ4v) is 11.1. The van der Waals surface area contributed by atoms with Gasteiger partial charge < -0.3 is 4.90 Å². The summed E-state index contributed by atoms with van der Waals surface area (Å²) in [6, 6.07) is 76.5. The third-order valence-corrected chi connectivity index (χ3v) is 13.9. The number of thiophene rings is 1. The molecule has 10 aromatic rings. The van der Waals surface area contributed by atoms with Crippen LogP contribution in [0, 0.1) is 0 Å². The van der Waals surface area contributed by atoms with Gasteiger partial charge in [-0.1, -0.05) is 201 Å². The molecule has 0 unspecified atom stereocenters. The van der Waals surface area contributed by atoms with Crippen LogP contribution in [0.3, 0.4) is 0 Å². The Hall–Kier alpha value is -6.74. The fourth-order valence-electron chi connectivity index (χ4n) is 9.88. The topological polar surface area (TPSA) is 3.24 Å². The molecule has 0 bridgehead atoms. The van der Waals surface area contributed by atoms with Gasteiger partial charge in [-0.3, -0.25) is 0 Å². The smallest absolute Gasteiger partial charge is 0.0541 e. The highest BCUT2D eigenvalue weighted by atomic mass is 32.1. The summed E-state index contributed by atoms with van der Waals surface area (Å²) in [7, 11) is 0. The predicted molar refractivity (Wildman–Crippen MR) is 259 cm³/mol. The SMILES string of the molecule is c1ccc(-c2ccc(-c3ccccc3N(c3ccccc3-c3cccc4c3sc3ccccc34)c3ccccc3-c3cccc4cccc(C5CCCCC5)c34)cc2)cc1. The average Bonchev–Trinajstić information content (AvgIpc) is 3.72. The fraction of sp³-hybridized carbons (Fsp3) is 0.103. The molecule has 0 saturated heterocycles. The first kappa shape index (κ1) is 36.3. The molecule has 1 nitrogen and oxygen atoms in total. The van der Waals surface area contributed by atoms with Crippen LogP contribution in [0.25, 0.3) is 75.5 Å². The van der Waals surface area contributed by atoms with Crippen LogP contribution in [0.2, 0.25) is 0 Å². The van der Waals surface area contributed by atoms with Crippen molar-refractivity contribution in [3.05, 3.63) is 212 Å². The molecule has 1 aromatic heterocycles. The van der Waals surface area contributed by atoms with Gasteiger partial charge in [0, 0.05) is 42.4 Å². The molecular weight excluding hydrogens is 743 g/mol. The Morgan fingerprint density at radius 2 is 0.883 bits per heavy atom. The van der Waals surface area contributed by atoms with E-state index in [1.54, 1.807) is 0 Å². The van der Waals surface area contributed by atoms with Crippen molar-refractivity contribution in [3.63, 3.8) is 0 Å². The van der Waals surface area contributed by atoms with E-state index in [4.69, 9.17) is 0 Å². The zero-order valence-electron chi connectivity index (χ0n) is 33.6. The monoisotopic (exact) mass is 787 g/mol. The van der Waals surface area contributed by atoms with Crippen LogP contribution in [-0.4, -0.2) is 0 Å². The minimum atomic E-state index is 0.578. The van der Waals surface area contributed by atoms with Gasteiger partial charge in [0.15, 0.2) is 0 Å². The van der Waals surface area contributed by atoms with Gasteiger partial charge in [0.1, 0.15) is 0 Å². The number of hydrogen-bond acceptors (Lipinski definition) is 2. The van der Waals surface area contributed by atoms with E-state index < -0.39 is 0 Å². The van der Waals surface area contributed by atoms with Crippen molar-refractivity contribution in [2.45, 2.75) is 38.0 Å². The first-order chi connectivity index (χ1) is 29.8. The molecule has 9 aromatic carbocycles. The minimum Gasteiger partial charge on any atom is -0.309 e. The molecule has 1 saturated carbocycles. The molecule has 288 valence electrons. The third kappa shape index (κ3) is 6.49. The van der Waals surface area contributed by atoms with Gasteiger partial charge in [-0.25, -0.2) is 0 Å². The average molecular weight is 788 g/mol. The number of nitrogens with zero attached hydrogens (tertiary/aromatic N) is 1. The van der Waals surface area contributed by atoms with Crippen molar-refractivity contribution in [1.82, 2.24) is 0 Å². The van der Waals surface area contributed by atoms with Gasteiger partial charge in [-0.2, -0.15) is 0 Å². The van der Waals surface area contributed by atoms with Crippen LogP contribution in [0.1, 0.15) is 43.6 Å². The molecule has 60 heavy (non-hydrogen) atoms. The van der Waals surface area contributed by atoms with E-state index in [0.29, 0.717) is 5.92 Å². The second-order valence-electron chi connectivity index (χ2n) is 16.2. The Bertz CT molecular complexity index is 3130. The van der Waals surface area contributed by atoms with Crippen LogP contribution < -0.4 is 4.90 Å². The highest BCUT2D eigenvalue weighted by molar-refractivity contribution is 7.26. The summed E-state index contributed by atoms with van der Waals surface area (Å²) in [5.74, 6) is 0.578. The van der Waals surface area contributed by atoms with Gasteiger partial charge in [-0.15, -0.1) is 11.3 Å². The number of para-hydroxylation sites is 3. The third-order valence-electron chi connectivity index (χ3n) is 12.7. The van der Waals surface area contributed by atoms with E-state index in [2.05, 4.69) is 211 Å². The van der Waals surface area contributed by atoms with Gasteiger partial charge in [-0.05, 0) is 81.6 Å². The van der Waals surface area contributed by atoms with E-state index in [1.807, 2.05) is 11.3 Å². The zero-order chi connectivity index (χ0) is 39.8. The van der Waals surface area contributed by atoms with Crippen molar-refractivity contribution in [3.8, 4) is 44.5 Å². The molecule has 1 heterocycles. The van der Waals surface area contributed by atoms with Crippen molar-refractivity contribution in [1.29, 1.82) is 0 Å². The molecule has 11 rings (SSSR count). The molecule has 1 aliphatic carbocycles. The minimum absolute atomic E-state index is 0.578. The molecule has 0 amide bonds. The number of fused-ring (bicyclic) bond motifs is 4. The maximum absolute atomic E-state index is 2.55. The summed E-state index contributed by atoms with van der Waals surface area (Å²) in [5, 5.41) is 5.33. The largest absolute Gasteiger partial charge is 0.309 e. The summed E-state index contributed by atoms with van der Waals surface area (Å²) in [4.78, 5) is 2.55. The Kier molecular flexibility index (Phi) is 9.56. The lowest BCUT2D eigenvalue weighted by atomic mass is 9.80. The van der Waals surface area contributed by atoms with Crippen molar-refractivity contribution >= 4 is 59.3 Å². The quantitative estimate of drug-likeness (QED) is 0.148. The molecule has 2 heteroatoms. The van der Waals surface area contributed by atoms with Gasteiger partial charge in [0.05, 0.1) is 17.1 Å². The lowest BCUT2D eigenvalue weighted by molar-refractivity contribution is 0.445. The Balaban J connectivity index is 1.16. The number of benzene rings is 9. The summed E-state index contributed by atoms with van der Waals surface area (Å²) in [6.07, 6.45) is 6.47. The Morgan fingerprint density at radius 1 is 0.367 bits per heavy atom. The number of anilines is 3. The summed E-state index contributed by atoms with van der Waals surface area (Å²) >= 11 is 1.89. The van der Waals surface area contributed by atoms with Gasteiger partial charge >= 0.3 is 0 Å². The van der Waals surface area contributed by atoms with Gasteiger partial charge in [0.25, 0.3) is 0 Å². The molecule has 1 aliphatic rings. The summed E-state index contributed by atoms with van der Waals surface area (Å²) < 4.78 is 2.63. The molecule has 0 aliphatic heterocycles. The second kappa shape index (κ2) is 15.8. The molecular formula is C58H45NS. The molecule has 0 atom stereocenters. The normalized spacial score (nSPS) is 13.3. The molecule has 0 N–H and O–H groups in total. The molecule has 1 fully saturated rings. The standard InChI is InChI=1S/C58H45NS/c1-3-18-40(19-4-1)41-36-38-43(39-37-41)45-24-7-11-32-53(45)59(55-34-13-9-26-48(55)51-30-17-31-52-49-27-10-14-35-56(49)60-58(51)52)54-33-12-8-25-47(54)50-29-16-23-44-22-15-28-46(57(44)50)42-20-5-2-6-21-42/h1,3-4,7-19,22-39,42H,2,5-6,20-21H2. The zero-order valence-corrected chi connectivity index (χ0v) is 34.4. The van der Waals surface area contributed by atoms with Crippen LogP contribution >= 0.6 is 11.3 Å². The molecule has 0 spiro atoms. The van der Waals surface area contributed by atoms with E-state index >= 15 is 0 Å². The number of hydrogen-bond donors (Lipinski definition) is 0. The van der Waals surface area contributed by atoms with E-state index in [-0.39, 0.29) is 0 Å². The predicted octanol–water partition coefficient (Wildman–Crippen LogP) is 17.4. The second-order valence-corrected chi connectivity index (χ2v) is 17.2. The first-order valence-electron chi connectivity index (χ1n) is 21.5. The highest BCUT2D eigenvalue weighted by Gasteiger charge is 2.26. The van der Waals surface area contributed by atoms with Gasteiger partial charge in [0.2, 0.25) is 0 Å². The van der Waals surface area contributed by atoms with Crippen LogP contribution in [0.5, 0.6) is 0 Å². The summed E-state index contributed by atoms with van der Waals surface area (Å²) in [5.41, 5.74) is 14.7. The van der Waals surface area contributed by atoms with Crippen LogP contribution in [-0.2, 0) is 0 Å². The lowest BCUT2D eigenvalue weighted by Crippen LogP contribution is -2.14. The maximum atomic E-state index is 2.55.